The van der Waals surface area contributed by atoms with Gasteiger partial charge in [0.1, 0.15) is 0 Å². The first-order valence-electron chi connectivity index (χ1n) is 7.92. The van der Waals surface area contributed by atoms with Gasteiger partial charge >= 0.3 is 0 Å². The zero-order valence-corrected chi connectivity index (χ0v) is 16.6. The minimum Gasteiger partial charge on any atom is -0.301 e. The van der Waals surface area contributed by atoms with Gasteiger partial charge in [0.25, 0.3) is 5.91 Å². The smallest absolute Gasteiger partial charge is 0.251 e. The number of amides is 2. The number of nitrogens with zero attached hydrogens (tertiary/aromatic N) is 2. The number of aryl methyl sites for hydroxylation is 2. The Bertz CT molecular complexity index is 905. The van der Waals surface area contributed by atoms with Gasteiger partial charge in [0, 0.05) is 10.7 Å². The number of nitrogens with one attached hydrogen (secondary N) is 1. The molecule has 0 radical (unpaired) electrons. The highest BCUT2D eigenvalue weighted by atomic mass is 79.9. The molecule has 1 fully saturated rings. The molecule has 1 saturated heterocycles. The van der Waals surface area contributed by atoms with Crippen LogP contribution in [0.1, 0.15) is 11.1 Å². The van der Waals surface area contributed by atoms with Crippen LogP contribution in [-0.4, -0.2) is 23.1 Å². The molecule has 1 heterocycles. The van der Waals surface area contributed by atoms with Crippen molar-refractivity contribution in [2.75, 3.05) is 4.90 Å². The average Bonchev–Trinajstić information content (AvgIpc) is 2.55. The largest absolute Gasteiger partial charge is 0.301 e. The van der Waals surface area contributed by atoms with Crippen LogP contribution in [0.15, 0.2) is 51.9 Å². The van der Waals surface area contributed by atoms with Crippen molar-refractivity contribution in [3.63, 3.8) is 0 Å². The number of hydrogen-bond donors (Lipinski definition) is 1. The lowest BCUT2D eigenvalue weighted by atomic mass is 10.1. The molecule has 2 amide bonds. The van der Waals surface area contributed by atoms with Crippen molar-refractivity contribution in [2.24, 2.45) is 10.9 Å². The fourth-order valence-electron chi connectivity index (χ4n) is 2.74. The van der Waals surface area contributed by atoms with Gasteiger partial charge in [-0.1, -0.05) is 22.0 Å². The zero-order valence-electron chi connectivity index (χ0n) is 14.2. The number of benzene rings is 2. The number of carbonyl (C=O) groups excluding carboxylic acids is 2. The first-order valence-corrected chi connectivity index (χ1v) is 9.12. The van der Waals surface area contributed by atoms with Gasteiger partial charge in [-0.15, -0.1) is 0 Å². The van der Waals surface area contributed by atoms with Gasteiger partial charge in [-0.05, 0) is 73.6 Å². The van der Waals surface area contributed by atoms with Gasteiger partial charge in [-0.3, -0.25) is 19.5 Å². The summed E-state index contributed by atoms with van der Waals surface area (Å²) in [4.78, 5) is 30.8. The number of rotatable bonds is 3. The standard InChI is InChI=1S/C19H16BrN3O2S/c1-11-7-12(2)9-14(8-11)21-10-16-17(24)22-19(26)23(18(16)25)15-5-3-13(20)4-6-15/h3-10,16H,1-2H3,(H,22,24,26)/t16-/m0/s1. The SMILES string of the molecule is Cc1cc(C)cc(N=C[C@H]2C(=O)NC(=S)N(c3ccc(Br)cc3)C2=O)c1. The fraction of sp³-hybridized carbons (Fsp3) is 0.158. The highest BCUT2D eigenvalue weighted by molar-refractivity contribution is 9.10. The Labute approximate surface area is 165 Å². The van der Waals surface area contributed by atoms with E-state index >= 15 is 0 Å². The van der Waals surface area contributed by atoms with Crippen LogP contribution in [-0.2, 0) is 9.59 Å². The van der Waals surface area contributed by atoms with Crippen molar-refractivity contribution >= 4 is 62.7 Å². The Morgan fingerprint density at radius 3 is 2.35 bits per heavy atom. The van der Waals surface area contributed by atoms with Crippen LogP contribution in [0, 0.1) is 19.8 Å². The molecule has 5 nitrogen and oxygen atoms in total. The van der Waals surface area contributed by atoms with Gasteiger partial charge < -0.3 is 5.32 Å². The van der Waals surface area contributed by atoms with Gasteiger partial charge in [-0.25, -0.2) is 0 Å². The summed E-state index contributed by atoms with van der Waals surface area (Å²) < 4.78 is 0.883. The van der Waals surface area contributed by atoms with E-state index in [9.17, 15) is 9.59 Å². The summed E-state index contributed by atoms with van der Waals surface area (Å²) in [7, 11) is 0. The lowest BCUT2D eigenvalue weighted by molar-refractivity contribution is -0.130. The number of thiocarbonyl (C=S) groups is 1. The minimum atomic E-state index is -1.04. The van der Waals surface area contributed by atoms with E-state index in [1.165, 1.54) is 11.1 Å². The summed E-state index contributed by atoms with van der Waals surface area (Å²) in [5, 5.41) is 2.64. The molecule has 0 aliphatic carbocycles. The summed E-state index contributed by atoms with van der Waals surface area (Å²) >= 11 is 8.53. The Hall–Kier alpha value is -2.38. The Morgan fingerprint density at radius 2 is 1.73 bits per heavy atom. The van der Waals surface area contributed by atoms with Crippen LogP contribution in [0.25, 0.3) is 0 Å². The third-order valence-corrected chi connectivity index (χ3v) is 4.68. The number of anilines is 1. The maximum absolute atomic E-state index is 12.9. The lowest BCUT2D eigenvalue weighted by Gasteiger charge is -2.30. The van der Waals surface area contributed by atoms with Crippen molar-refractivity contribution in [2.45, 2.75) is 13.8 Å². The zero-order chi connectivity index (χ0) is 18.8. The molecule has 7 heteroatoms. The molecule has 3 rings (SSSR count). The second-order valence-electron chi connectivity index (χ2n) is 6.05. The van der Waals surface area contributed by atoms with E-state index < -0.39 is 17.7 Å². The molecule has 0 saturated carbocycles. The van der Waals surface area contributed by atoms with Gasteiger partial charge in [0.05, 0.1) is 11.4 Å². The molecule has 132 valence electrons. The lowest BCUT2D eigenvalue weighted by Crippen LogP contribution is -2.58. The third-order valence-electron chi connectivity index (χ3n) is 3.87. The Balaban J connectivity index is 1.90. The van der Waals surface area contributed by atoms with E-state index in [2.05, 4.69) is 26.2 Å². The van der Waals surface area contributed by atoms with Gasteiger partial charge in [-0.2, -0.15) is 0 Å². The van der Waals surface area contributed by atoms with Crippen LogP contribution >= 0.6 is 28.1 Å². The summed E-state index contributed by atoms with van der Waals surface area (Å²) in [5.74, 6) is -1.93. The molecule has 0 unspecified atom stereocenters. The van der Waals surface area contributed by atoms with Crippen LogP contribution in [0.2, 0.25) is 0 Å². The predicted molar refractivity (Wildman–Crippen MR) is 110 cm³/mol. The maximum atomic E-state index is 12.9. The molecule has 26 heavy (non-hydrogen) atoms. The van der Waals surface area contributed by atoms with Gasteiger partial charge in [0.2, 0.25) is 5.91 Å². The molecule has 1 aliphatic heterocycles. The van der Waals surface area contributed by atoms with Crippen LogP contribution in [0.4, 0.5) is 11.4 Å². The predicted octanol–water partition coefficient (Wildman–Crippen LogP) is 3.83. The van der Waals surface area contributed by atoms with Crippen molar-refractivity contribution in [1.82, 2.24) is 5.32 Å². The quantitative estimate of drug-likeness (QED) is 0.458. The van der Waals surface area contributed by atoms with Crippen molar-refractivity contribution in [3.8, 4) is 0 Å². The topological polar surface area (TPSA) is 61.8 Å². The van der Waals surface area contributed by atoms with Crippen LogP contribution in [0.5, 0.6) is 0 Å². The van der Waals surface area contributed by atoms with E-state index in [0.717, 1.165) is 15.6 Å². The van der Waals surface area contributed by atoms with E-state index in [4.69, 9.17) is 12.2 Å². The van der Waals surface area contributed by atoms with Crippen LogP contribution in [0.3, 0.4) is 0 Å². The van der Waals surface area contributed by atoms with E-state index in [0.29, 0.717) is 11.4 Å². The molecule has 2 aromatic carbocycles. The average molecular weight is 430 g/mol. The van der Waals surface area contributed by atoms with Crippen LogP contribution < -0.4 is 10.2 Å². The normalized spacial score (nSPS) is 17.7. The highest BCUT2D eigenvalue weighted by Crippen LogP contribution is 2.23. The molecule has 0 aromatic heterocycles. The molecule has 1 N–H and O–H groups in total. The van der Waals surface area contributed by atoms with Crippen molar-refractivity contribution in [3.05, 3.63) is 58.1 Å². The number of halogens is 1. The fourth-order valence-corrected chi connectivity index (χ4v) is 3.30. The monoisotopic (exact) mass is 429 g/mol. The maximum Gasteiger partial charge on any atom is 0.251 e. The van der Waals surface area contributed by atoms with Crippen molar-refractivity contribution < 1.29 is 9.59 Å². The molecule has 1 aliphatic rings. The number of aliphatic imine (C=N–C) groups is 1. The third kappa shape index (κ3) is 3.89. The van der Waals surface area contributed by atoms with E-state index in [1.807, 2.05) is 32.0 Å². The second-order valence-corrected chi connectivity index (χ2v) is 7.35. The molecule has 1 atom stereocenters. The minimum absolute atomic E-state index is 0.0679. The van der Waals surface area contributed by atoms with E-state index in [1.54, 1.807) is 24.3 Å². The molecule has 2 aromatic rings. The molecule has 0 bridgehead atoms. The molecular formula is C19H16BrN3O2S. The molecule has 0 spiro atoms. The molecular weight excluding hydrogens is 414 g/mol. The first kappa shape index (κ1) is 18.4. The Kier molecular flexibility index (Phi) is 5.29. The summed E-state index contributed by atoms with van der Waals surface area (Å²) in [6.45, 7) is 3.94. The Morgan fingerprint density at radius 1 is 1.12 bits per heavy atom. The second kappa shape index (κ2) is 7.47. The number of carbonyl (C=O) groups is 2. The first-order chi connectivity index (χ1) is 12.3. The number of hydrogen-bond acceptors (Lipinski definition) is 4. The summed E-state index contributed by atoms with van der Waals surface area (Å²) in [6, 6.07) is 12.9. The van der Waals surface area contributed by atoms with E-state index in [-0.39, 0.29) is 5.11 Å². The van der Waals surface area contributed by atoms with Gasteiger partial charge in [0.15, 0.2) is 11.0 Å². The highest BCUT2D eigenvalue weighted by Gasteiger charge is 2.38. The van der Waals surface area contributed by atoms with Crippen molar-refractivity contribution in [1.29, 1.82) is 0 Å². The summed E-state index contributed by atoms with van der Waals surface area (Å²) in [5.41, 5.74) is 3.42. The summed E-state index contributed by atoms with van der Waals surface area (Å²) in [6.07, 6.45) is 1.37.